The predicted octanol–water partition coefficient (Wildman–Crippen LogP) is 6.85. The van der Waals surface area contributed by atoms with Crippen molar-refractivity contribution in [1.82, 2.24) is 0 Å². The summed E-state index contributed by atoms with van der Waals surface area (Å²) in [5.41, 5.74) is 1.47. The Morgan fingerprint density at radius 3 is 1.59 bits per heavy atom. The summed E-state index contributed by atoms with van der Waals surface area (Å²) in [6.45, 7) is 19.5. The summed E-state index contributed by atoms with van der Waals surface area (Å²) >= 11 is 0. The van der Waals surface area contributed by atoms with Crippen molar-refractivity contribution in [3.05, 3.63) is 36.2 Å². The first kappa shape index (κ1) is 25.1. The van der Waals surface area contributed by atoms with Gasteiger partial charge in [0.1, 0.15) is 5.83 Å². The molecule has 0 unspecified atom stereocenters. The molecule has 17 heavy (non-hydrogen) atoms. The fourth-order valence-corrected chi connectivity index (χ4v) is 0.482. The Bertz CT molecular complexity index is 176. The van der Waals surface area contributed by atoms with Gasteiger partial charge in [0.2, 0.25) is 0 Å². The van der Waals surface area contributed by atoms with E-state index in [0.29, 0.717) is 0 Å². The molecule has 0 spiro atoms. The van der Waals surface area contributed by atoms with Gasteiger partial charge in [0.05, 0.1) is 0 Å². The molecule has 0 atom stereocenters. The van der Waals surface area contributed by atoms with E-state index >= 15 is 0 Å². The van der Waals surface area contributed by atoms with E-state index in [-0.39, 0.29) is 5.83 Å². The molecule has 0 aromatic carbocycles. The van der Waals surface area contributed by atoms with Gasteiger partial charge in [0.25, 0.3) is 0 Å². The van der Waals surface area contributed by atoms with Crippen LogP contribution in [0.1, 0.15) is 68.2 Å². The maximum atomic E-state index is 11.9. The SMILES string of the molecule is C/C=C(\C)CC.C=C/C(F)=C/CC.CC.CC. The number of hydrogen-bond acceptors (Lipinski definition) is 0. The largest absolute Gasteiger partial charge is 0.207 e. The fraction of sp³-hybridized carbons (Fsp3) is 0.625. The summed E-state index contributed by atoms with van der Waals surface area (Å²) in [5, 5.41) is 0. The van der Waals surface area contributed by atoms with Gasteiger partial charge < -0.3 is 0 Å². The highest BCUT2D eigenvalue weighted by atomic mass is 19.1. The molecule has 1 heteroatoms. The second-order valence-electron chi connectivity index (χ2n) is 2.69. The van der Waals surface area contributed by atoms with Crippen molar-refractivity contribution in [3.8, 4) is 0 Å². The van der Waals surface area contributed by atoms with Gasteiger partial charge in [-0.1, -0.05) is 59.8 Å². The van der Waals surface area contributed by atoms with Crippen molar-refractivity contribution in [3.63, 3.8) is 0 Å². The standard InChI is InChI=1S/C6H9F.C6H12.2C2H6/c1-3-5-6(7)4-2;1-4-6(3)5-2;2*1-2/h4-5H,2-3H2,1H3;4H,5H2,1-3H3;2*1-2H3/b6-5-;6-4+;;. The summed E-state index contributed by atoms with van der Waals surface area (Å²) in [5.74, 6) is -0.234. The number of rotatable bonds is 3. The summed E-state index contributed by atoms with van der Waals surface area (Å²) < 4.78 is 11.9. The molecule has 0 radical (unpaired) electrons. The Morgan fingerprint density at radius 1 is 1.12 bits per heavy atom. The summed E-state index contributed by atoms with van der Waals surface area (Å²) in [6.07, 6.45) is 6.74. The number of halogens is 1. The van der Waals surface area contributed by atoms with Gasteiger partial charge in [-0.3, -0.25) is 0 Å². The van der Waals surface area contributed by atoms with Gasteiger partial charge in [0.15, 0.2) is 0 Å². The van der Waals surface area contributed by atoms with Crippen LogP contribution < -0.4 is 0 Å². The topological polar surface area (TPSA) is 0 Å². The monoisotopic (exact) mass is 244 g/mol. The third-order valence-electron chi connectivity index (χ3n) is 1.64. The number of allylic oxidation sites excluding steroid dienone is 5. The van der Waals surface area contributed by atoms with Crippen molar-refractivity contribution >= 4 is 0 Å². The molecule has 104 valence electrons. The van der Waals surface area contributed by atoms with Crippen LogP contribution in [0.5, 0.6) is 0 Å². The Morgan fingerprint density at radius 2 is 1.53 bits per heavy atom. The third-order valence-corrected chi connectivity index (χ3v) is 1.64. The molecule has 0 aromatic rings. The molecule has 0 fully saturated rings. The van der Waals surface area contributed by atoms with Gasteiger partial charge >= 0.3 is 0 Å². The van der Waals surface area contributed by atoms with E-state index < -0.39 is 0 Å². The van der Waals surface area contributed by atoms with E-state index in [1.807, 2.05) is 34.6 Å². The van der Waals surface area contributed by atoms with Crippen LogP contribution in [0.2, 0.25) is 0 Å². The minimum Gasteiger partial charge on any atom is -0.207 e. The van der Waals surface area contributed by atoms with E-state index in [1.165, 1.54) is 24.1 Å². The third kappa shape index (κ3) is 39.4. The maximum Gasteiger partial charge on any atom is 0.118 e. The van der Waals surface area contributed by atoms with Crippen LogP contribution in [0.3, 0.4) is 0 Å². The van der Waals surface area contributed by atoms with Crippen LogP contribution in [0.25, 0.3) is 0 Å². The lowest BCUT2D eigenvalue weighted by atomic mass is 10.2. The summed E-state index contributed by atoms with van der Waals surface area (Å²) in [4.78, 5) is 0. The van der Waals surface area contributed by atoms with Crippen molar-refractivity contribution in [2.45, 2.75) is 68.2 Å². The first-order valence-corrected chi connectivity index (χ1v) is 6.72. The molecular formula is C16H33F. The average molecular weight is 244 g/mol. The minimum absolute atomic E-state index is 0.234. The van der Waals surface area contributed by atoms with Crippen molar-refractivity contribution in [2.24, 2.45) is 0 Å². The zero-order chi connectivity index (χ0) is 14.7. The van der Waals surface area contributed by atoms with Crippen LogP contribution >= 0.6 is 0 Å². The molecule has 0 saturated heterocycles. The average Bonchev–Trinajstić information content (AvgIpc) is 2.43. The molecule has 0 bridgehead atoms. The molecule has 0 saturated carbocycles. The molecule has 0 rings (SSSR count). The molecule has 0 aliphatic heterocycles. The summed E-state index contributed by atoms with van der Waals surface area (Å²) in [7, 11) is 0. The first-order chi connectivity index (χ1) is 8.12. The van der Waals surface area contributed by atoms with Crippen LogP contribution in [-0.2, 0) is 0 Å². The number of hydrogen-bond donors (Lipinski definition) is 0. The predicted molar refractivity (Wildman–Crippen MR) is 82.1 cm³/mol. The highest BCUT2D eigenvalue weighted by Crippen LogP contribution is 1.96. The zero-order valence-corrected chi connectivity index (χ0v) is 13.2. The zero-order valence-electron chi connectivity index (χ0n) is 13.2. The Hall–Kier alpha value is -0.850. The second kappa shape index (κ2) is 29.4. The van der Waals surface area contributed by atoms with Gasteiger partial charge in [0, 0.05) is 0 Å². The van der Waals surface area contributed by atoms with Crippen LogP contribution in [0.4, 0.5) is 4.39 Å². The summed E-state index contributed by atoms with van der Waals surface area (Å²) in [6, 6.07) is 0. The highest BCUT2D eigenvalue weighted by molar-refractivity contribution is 5.06. The Balaban J connectivity index is -0.0000000772. The van der Waals surface area contributed by atoms with E-state index in [2.05, 4.69) is 33.4 Å². The molecule has 0 aliphatic rings. The van der Waals surface area contributed by atoms with Gasteiger partial charge in [-0.2, -0.15) is 0 Å². The van der Waals surface area contributed by atoms with Gasteiger partial charge in [-0.15, -0.1) is 0 Å². The van der Waals surface area contributed by atoms with Crippen LogP contribution in [-0.4, -0.2) is 0 Å². The van der Waals surface area contributed by atoms with Crippen molar-refractivity contribution in [1.29, 1.82) is 0 Å². The minimum atomic E-state index is -0.234. The lowest BCUT2D eigenvalue weighted by Gasteiger charge is -1.85. The molecule has 0 heterocycles. The molecular weight excluding hydrogens is 211 g/mol. The lowest BCUT2D eigenvalue weighted by Crippen LogP contribution is -1.63. The van der Waals surface area contributed by atoms with Crippen molar-refractivity contribution in [2.75, 3.05) is 0 Å². The van der Waals surface area contributed by atoms with Crippen molar-refractivity contribution < 1.29 is 4.39 Å². The quantitative estimate of drug-likeness (QED) is 0.376. The lowest BCUT2D eigenvalue weighted by molar-refractivity contribution is 0.662. The smallest absolute Gasteiger partial charge is 0.118 e. The van der Waals surface area contributed by atoms with Gasteiger partial charge in [-0.05, 0) is 38.8 Å². The first-order valence-electron chi connectivity index (χ1n) is 6.72. The highest BCUT2D eigenvalue weighted by Gasteiger charge is 1.77. The molecule has 0 aromatic heterocycles. The van der Waals surface area contributed by atoms with E-state index in [4.69, 9.17) is 0 Å². The molecule has 0 N–H and O–H groups in total. The van der Waals surface area contributed by atoms with E-state index in [9.17, 15) is 4.39 Å². The normalized spacial score (nSPS) is 9.71. The fourth-order valence-electron chi connectivity index (χ4n) is 0.482. The molecule has 0 aliphatic carbocycles. The van der Waals surface area contributed by atoms with E-state index in [1.54, 1.807) is 0 Å². The van der Waals surface area contributed by atoms with Crippen LogP contribution in [0, 0.1) is 0 Å². The van der Waals surface area contributed by atoms with Crippen LogP contribution in [0.15, 0.2) is 36.2 Å². The molecule has 0 nitrogen and oxygen atoms in total. The van der Waals surface area contributed by atoms with E-state index in [0.717, 1.165) is 6.42 Å². The van der Waals surface area contributed by atoms with Gasteiger partial charge in [-0.25, -0.2) is 4.39 Å². The second-order valence-corrected chi connectivity index (χ2v) is 2.69. The molecule has 0 amide bonds. The Kier molecular flexibility index (Phi) is 43.5. The Labute approximate surface area is 109 Å². The maximum absolute atomic E-state index is 11.9.